The van der Waals surface area contributed by atoms with Crippen LogP contribution < -0.4 is 10.8 Å². The van der Waals surface area contributed by atoms with Crippen LogP contribution in [0.15, 0.2) is 77.8 Å². The fourth-order valence-electron chi connectivity index (χ4n) is 3.94. The van der Waals surface area contributed by atoms with Gasteiger partial charge in [0.15, 0.2) is 0 Å². The van der Waals surface area contributed by atoms with E-state index in [4.69, 9.17) is 5.21 Å². The summed E-state index contributed by atoms with van der Waals surface area (Å²) in [6.07, 6.45) is 3.55. The van der Waals surface area contributed by atoms with E-state index in [1.807, 2.05) is 42.5 Å². The van der Waals surface area contributed by atoms with Crippen molar-refractivity contribution in [2.75, 3.05) is 18.4 Å². The molecular weight excluding hydrogens is 440 g/mol. The molecule has 2 heterocycles. The van der Waals surface area contributed by atoms with Crippen molar-refractivity contribution in [3.05, 3.63) is 78.5 Å². The molecule has 0 aliphatic carbocycles. The highest BCUT2D eigenvalue weighted by Gasteiger charge is 2.27. The van der Waals surface area contributed by atoms with Crippen molar-refractivity contribution in [2.24, 2.45) is 0 Å². The van der Waals surface area contributed by atoms with Gasteiger partial charge in [0.25, 0.3) is 5.91 Å². The SMILES string of the molecule is O=C(NO)c1ccc(NC2CCCN(S(=O)(=O)c3ccc(-c4ccccc4)cc3)CC2)nc1. The van der Waals surface area contributed by atoms with E-state index in [0.717, 1.165) is 24.0 Å². The van der Waals surface area contributed by atoms with Crippen molar-refractivity contribution in [1.82, 2.24) is 14.8 Å². The van der Waals surface area contributed by atoms with E-state index < -0.39 is 15.9 Å². The molecule has 0 bridgehead atoms. The first-order valence-electron chi connectivity index (χ1n) is 10.8. The Morgan fingerprint density at radius 2 is 1.67 bits per heavy atom. The number of carbonyl (C=O) groups excluding carboxylic acids is 1. The summed E-state index contributed by atoms with van der Waals surface area (Å²) in [5.41, 5.74) is 3.84. The molecule has 1 amide bonds. The molecule has 1 aliphatic heterocycles. The molecule has 0 saturated carbocycles. The maximum Gasteiger partial charge on any atom is 0.276 e. The molecule has 172 valence electrons. The number of aromatic nitrogens is 1. The van der Waals surface area contributed by atoms with Crippen molar-refractivity contribution in [1.29, 1.82) is 0 Å². The van der Waals surface area contributed by atoms with Gasteiger partial charge >= 0.3 is 0 Å². The van der Waals surface area contributed by atoms with Crippen LogP contribution in [-0.2, 0) is 10.0 Å². The van der Waals surface area contributed by atoms with Gasteiger partial charge in [-0.1, -0.05) is 42.5 Å². The molecule has 0 radical (unpaired) electrons. The van der Waals surface area contributed by atoms with E-state index in [1.54, 1.807) is 34.1 Å². The predicted molar refractivity (Wildman–Crippen MR) is 125 cm³/mol. The van der Waals surface area contributed by atoms with Gasteiger partial charge in [0.2, 0.25) is 10.0 Å². The van der Waals surface area contributed by atoms with Gasteiger partial charge in [0, 0.05) is 25.3 Å². The number of hydrogen-bond acceptors (Lipinski definition) is 6. The minimum Gasteiger partial charge on any atom is -0.367 e. The van der Waals surface area contributed by atoms with E-state index in [9.17, 15) is 13.2 Å². The molecule has 1 aromatic heterocycles. The number of rotatable bonds is 6. The Hall–Kier alpha value is -3.27. The second-order valence-electron chi connectivity index (χ2n) is 7.94. The highest BCUT2D eigenvalue weighted by Crippen LogP contribution is 2.25. The molecule has 1 aliphatic rings. The molecule has 0 spiro atoms. The molecule has 33 heavy (non-hydrogen) atoms. The Morgan fingerprint density at radius 1 is 0.939 bits per heavy atom. The van der Waals surface area contributed by atoms with Gasteiger partial charge in [-0.25, -0.2) is 18.9 Å². The molecule has 3 aromatic rings. The van der Waals surface area contributed by atoms with Gasteiger partial charge in [-0.05, 0) is 54.7 Å². The molecule has 1 unspecified atom stereocenters. The first kappa shape index (κ1) is 22.9. The number of nitrogens with one attached hydrogen (secondary N) is 2. The lowest BCUT2D eigenvalue weighted by Crippen LogP contribution is -2.32. The lowest BCUT2D eigenvalue weighted by Gasteiger charge is -2.21. The first-order chi connectivity index (χ1) is 16.0. The Balaban J connectivity index is 1.40. The Kier molecular flexibility index (Phi) is 7.02. The number of hydrogen-bond donors (Lipinski definition) is 3. The van der Waals surface area contributed by atoms with E-state index in [-0.39, 0.29) is 11.6 Å². The minimum absolute atomic E-state index is 0.0654. The summed E-state index contributed by atoms with van der Waals surface area (Å²) >= 11 is 0. The third-order valence-corrected chi connectivity index (χ3v) is 7.68. The molecule has 1 atom stereocenters. The second kappa shape index (κ2) is 10.1. The number of carbonyl (C=O) groups is 1. The van der Waals surface area contributed by atoms with Crippen LogP contribution in [0.1, 0.15) is 29.6 Å². The lowest BCUT2D eigenvalue weighted by molar-refractivity contribution is 0.0706. The van der Waals surface area contributed by atoms with Gasteiger partial charge in [-0.15, -0.1) is 0 Å². The van der Waals surface area contributed by atoms with Crippen LogP contribution in [0.4, 0.5) is 5.82 Å². The van der Waals surface area contributed by atoms with Crippen LogP contribution in [0.25, 0.3) is 11.1 Å². The minimum atomic E-state index is -3.58. The van der Waals surface area contributed by atoms with Gasteiger partial charge in [-0.2, -0.15) is 4.31 Å². The van der Waals surface area contributed by atoms with Gasteiger partial charge in [-0.3, -0.25) is 10.0 Å². The number of hydroxylamine groups is 1. The van der Waals surface area contributed by atoms with E-state index in [2.05, 4.69) is 10.3 Å². The van der Waals surface area contributed by atoms with Crippen molar-refractivity contribution in [3.8, 4) is 11.1 Å². The summed E-state index contributed by atoms with van der Waals surface area (Å²) in [6.45, 7) is 0.870. The van der Waals surface area contributed by atoms with Gasteiger partial charge in [0.1, 0.15) is 5.82 Å². The monoisotopic (exact) mass is 466 g/mol. The average Bonchev–Trinajstić information content (AvgIpc) is 3.11. The number of amides is 1. The summed E-state index contributed by atoms with van der Waals surface area (Å²) in [4.78, 5) is 15.9. The summed E-state index contributed by atoms with van der Waals surface area (Å²) in [7, 11) is -3.58. The van der Waals surface area contributed by atoms with E-state index in [0.29, 0.717) is 30.2 Å². The molecule has 2 aromatic carbocycles. The van der Waals surface area contributed by atoms with Gasteiger partial charge in [0.05, 0.1) is 10.5 Å². The number of anilines is 1. The fraction of sp³-hybridized carbons (Fsp3) is 0.250. The lowest BCUT2D eigenvalue weighted by atomic mass is 10.1. The standard InChI is InChI=1S/C24H26N4O4S/c29-24(27-30)20-10-13-23(25-17-20)26-21-7-4-15-28(16-14-21)33(31,32)22-11-8-19(9-12-22)18-5-2-1-3-6-18/h1-3,5-6,8-13,17,21,30H,4,7,14-16H2,(H,25,26)(H,27,29). The average molecular weight is 467 g/mol. The topological polar surface area (TPSA) is 112 Å². The highest BCUT2D eigenvalue weighted by molar-refractivity contribution is 7.89. The Morgan fingerprint density at radius 3 is 2.33 bits per heavy atom. The number of pyridine rings is 1. The van der Waals surface area contributed by atoms with E-state index in [1.165, 1.54) is 6.20 Å². The highest BCUT2D eigenvalue weighted by atomic mass is 32.2. The fourth-order valence-corrected chi connectivity index (χ4v) is 5.43. The molecule has 1 saturated heterocycles. The second-order valence-corrected chi connectivity index (χ2v) is 9.88. The third-order valence-electron chi connectivity index (χ3n) is 5.77. The van der Waals surface area contributed by atoms with Crippen molar-refractivity contribution >= 4 is 21.7 Å². The number of benzene rings is 2. The van der Waals surface area contributed by atoms with Crippen LogP contribution in [0.2, 0.25) is 0 Å². The van der Waals surface area contributed by atoms with Crippen LogP contribution in [-0.4, -0.2) is 48.0 Å². The maximum atomic E-state index is 13.2. The smallest absolute Gasteiger partial charge is 0.276 e. The molecule has 3 N–H and O–H groups in total. The van der Waals surface area contributed by atoms with E-state index >= 15 is 0 Å². The quantitative estimate of drug-likeness (QED) is 0.379. The third kappa shape index (κ3) is 5.39. The van der Waals surface area contributed by atoms with Gasteiger partial charge < -0.3 is 5.32 Å². The molecule has 8 nitrogen and oxygen atoms in total. The molecule has 4 rings (SSSR count). The van der Waals surface area contributed by atoms with Crippen LogP contribution in [0, 0.1) is 0 Å². The Bertz CT molecular complexity index is 1180. The summed E-state index contributed by atoms with van der Waals surface area (Å²) < 4.78 is 28.0. The van der Waals surface area contributed by atoms with Crippen LogP contribution >= 0.6 is 0 Å². The van der Waals surface area contributed by atoms with Crippen LogP contribution in [0.5, 0.6) is 0 Å². The zero-order valence-electron chi connectivity index (χ0n) is 18.0. The number of sulfonamides is 1. The molecule has 9 heteroatoms. The maximum absolute atomic E-state index is 13.2. The zero-order chi connectivity index (χ0) is 23.3. The Labute approximate surface area is 193 Å². The zero-order valence-corrected chi connectivity index (χ0v) is 18.8. The normalized spacial score (nSPS) is 17.2. The largest absolute Gasteiger partial charge is 0.367 e. The van der Waals surface area contributed by atoms with Crippen molar-refractivity contribution < 1.29 is 18.4 Å². The van der Waals surface area contributed by atoms with Crippen molar-refractivity contribution in [2.45, 2.75) is 30.2 Å². The van der Waals surface area contributed by atoms with Crippen molar-refractivity contribution in [3.63, 3.8) is 0 Å². The summed E-state index contributed by atoms with van der Waals surface area (Å²) in [6, 6.07) is 20.2. The molecular formula is C24H26N4O4S. The summed E-state index contributed by atoms with van der Waals surface area (Å²) in [5.74, 6) is -0.0246. The summed E-state index contributed by atoms with van der Waals surface area (Å²) in [5, 5.41) is 12.0. The predicted octanol–water partition coefficient (Wildman–Crippen LogP) is 3.52. The molecule has 1 fully saturated rings. The van der Waals surface area contributed by atoms with Crippen LogP contribution in [0.3, 0.4) is 0 Å². The first-order valence-corrected chi connectivity index (χ1v) is 12.2. The number of nitrogens with zero attached hydrogens (tertiary/aromatic N) is 2.